The lowest BCUT2D eigenvalue weighted by Gasteiger charge is -2.32. The molecule has 0 aromatic heterocycles. The van der Waals surface area contributed by atoms with Crippen molar-refractivity contribution < 1.29 is 9.53 Å². The molecule has 0 aliphatic heterocycles. The number of halogens is 2. The van der Waals surface area contributed by atoms with E-state index < -0.39 is 8.07 Å². The molecule has 148 valence electrons. The van der Waals surface area contributed by atoms with E-state index in [2.05, 4.69) is 70.2 Å². The molecular weight excluding hydrogens is 428 g/mol. The highest BCUT2D eigenvalue weighted by molar-refractivity contribution is 9.10. The van der Waals surface area contributed by atoms with E-state index >= 15 is 0 Å². The van der Waals surface area contributed by atoms with Crippen molar-refractivity contribution >= 4 is 41.4 Å². The molecule has 1 aromatic rings. The third kappa shape index (κ3) is 8.58. The number of rotatable bonds is 8. The molecule has 2 nitrogen and oxygen atoms in total. The van der Waals surface area contributed by atoms with Crippen molar-refractivity contribution in [1.29, 1.82) is 0 Å². The second kappa shape index (κ2) is 8.79. The molecule has 0 spiro atoms. The van der Waals surface area contributed by atoms with Crippen molar-refractivity contribution in [2.24, 2.45) is 10.8 Å². The molecule has 0 fully saturated rings. The van der Waals surface area contributed by atoms with Gasteiger partial charge in [-0.2, -0.15) is 0 Å². The normalized spacial score (nSPS) is 13.0. The van der Waals surface area contributed by atoms with Crippen molar-refractivity contribution in [2.45, 2.75) is 73.1 Å². The van der Waals surface area contributed by atoms with Gasteiger partial charge in [0.15, 0.2) is 5.78 Å². The summed E-state index contributed by atoms with van der Waals surface area (Å²) >= 11 is 9.87. The zero-order valence-electron chi connectivity index (χ0n) is 17.6. The Hall–Kier alpha value is -0.323. The second-order valence-electron chi connectivity index (χ2n) is 10.4. The fourth-order valence-corrected chi connectivity index (χ4v) is 4.98. The van der Waals surface area contributed by atoms with E-state index in [-0.39, 0.29) is 16.6 Å². The monoisotopic (exact) mass is 460 g/mol. The lowest BCUT2D eigenvalue weighted by molar-refractivity contribution is 0.0893. The van der Waals surface area contributed by atoms with E-state index in [1.54, 1.807) is 6.07 Å². The van der Waals surface area contributed by atoms with Crippen molar-refractivity contribution in [2.75, 3.05) is 6.61 Å². The van der Waals surface area contributed by atoms with Gasteiger partial charge in [-0.25, -0.2) is 0 Å². The molecule has 0 saturated heterocycles. The topological polar surface area (TPSA) is 26.3 Å². The van der Waals surface area contributed by atoms with E-state index in [0.29, 0.717) is 29.4 Å². The van der Waals surface area contributed by atoms with Gasteiger partial charge >= 0.3 is 0 Å². The Morgan fingerprint density at radius 3 is 2.23 bits per heavy atom. The first-order valence-corrected chi connectivity index (χ1v) is 14.1. The van der Waals surface area contributed by atoms with E-state index in [9.17, 15) is 4.79 Å². The van der Waals surface area contributed by atoms with Crippen LogP contribution in [0, 0.1) is 10.8 Å². The fraction of sp³-hybridized carbons (Fsp3) is 0.667. The van der Waals surface area contributed by atoms with Crippen molar-refractivity contribution in [3.63, 3.8) is 0 Å². The summed E-state index contributed by atoms with van der Waals surface area (Å²) in [4.78, 5) is 13.1. The van der Waals surface area contributed by atoms with Crippen LogP contribution in [0.15, 0.2) is 16.6 Å². The Morgan fingerprint density at radius 1 is 1.15 bits per heavy atom. The molecule has 0 aliphatic carbocycles. The van der Waals surface area contributed by atoms with Gasteiger partial charge in [-0.05, 0) is 35.4 Å². The van der Waals surface area contributed by atoms with Crippen molar-refractivity contribution in [3.05, 3.63) is 27.2 Å². The smallest absolute Gasteiger partial charge is 0.167 e. The van der Waals surface area contributed by atoms with Crippen molar-refractivity contribution in [3.8, 4) is 5.75 Å². The highest BCUT2D eigenvalue weighted by Gasteiger charge is 2.30. The first kappa shape index (κ1) is 23.7. The first-order chi connectivity index (χ1) is 11.6. The zero-order valence-corrected chi connectivity index (χ0v) is 20.9. The Balaban J connectivity index is 3.04. The average molecular weight is 462 g/mol. The minimum absolute atomic E-state index is 0.0836. The average Bonchev–Trinajstić information content (AvgIpc) is 2.35. The summed E-state index contributed by atoms with van der Waals surface area (Å²) in [5, 5.41) is 0.493. The second-order valence-corrected chi connectivity index (χ2v) is 17.4. The number of ketones is 1. The van der Waals surface area contributed by atoms with Gasteiger partial charge in [0.2, 0.25) is 0 Å². The van der Waals surface area contributed by atoms with Crippen LogP contribution < -0.4 is 4.74 Å². The SMILES string of the molecule is CC(C)(C)CC(C)(C)CC(=O)c1cc(Br)cc(Cl)c1OCC[Si](C)(C)C. The molecule has 0 radical (unpaired) electrons. The lowest BCUT2D eigenvalue weighted by Crippen LogP contribution is -2.25. The molecule has 26 heavy (non-hydrogen) atoms. The fourth-order valence-electron chi connectivity index (χ4n) is 3.40. The number of Topliss-reactive ketones (excluding diaryl/α,β-unsaturated/α-hetero) is 1. The van der Waals surface area contributed by atoms with Gasteiger partial charge in [0.1, 0.15) is 5.75 Å². The molecule has 0 saturated carbocycles. The number of benzene rings is 1. The van der Waals surface area contributed by atoms with Gasteiger partial charge in [0, 0.05) is 19.0 Å². The number of carbonyl (C=O) groups is 1. The van der Waals surface area contributed by atoms with Crippen LogP contribution in [0.25, 0.3) is 0 Å². The molecule has 0 amide bonds. The summed E-state index contributed by atoms with van der Waals surface area (Å²) in [6.07, 6.45) is 1.45. The largest absolute Gasteiger partial charge is 0.492 e. The van der Waals surface area contributed by atoms with Crippen LogP contribution in [0.2, 0.25) is 30.7 Å². The summed E-state index contributed by atoms with van der Waals surface area (Å²) in [5.74, 6) is 0.620. The maximum atomic E-state index is 13.1. The molecule has 0 heterocycles. The van der Waals surface area contributed by atoms with Gasteiger partial charge in [-0.1, -0.05) is 81.8 Å². The molecule has 1 aromatic carbocycles. The molecule has 0 aliphatic rings. The number of hydrogen-bond donors (Lipinski definition) is 0. The molecular formula is C21H34BrClO2Si. The number of ether oxygens (including phenoxy) is 1. The Morgan fingerprint density at radius 2 is 1.73 bits per heavy atom. The summed E-state index contributed by atoms with van der Waals surface area (Å²) < 4.78 is 6.80. The third-order valence-electron chi connectivity index (χ3n) is 4.06. The quantitative estimate of drug-likeness (QED) is 0.291. The predicted molar refractivity (Wildman–Crippen MR) is 120 cm³/mol. The third-order valence-corrected chi connectivity index (χ3v) is 6.50. The van der Waals surface area contributed by atoms with Gasteiger partial charge in [-0.3, -0.25) is 4.79 Å². The molecule has 0 unspecified atom stereocenters. The van der Waals surface area contributed by atoms with Gasteiger partial charge < -0.3 is 4.74 Å². The number of carbonyl (C=O) groups excluding carboxylic acids is 1. The lowest BCUT2D eigenvalue weighted by atomic mass is 9.73. The van der Waals surface area contributed by atoms with Crippen LogP contribution >= 0.6 is 27.5 Å². The minimum atomic E-state index is -1.21. The highest BCUT2D eigenvalue weighted by atomic mass is 79.9. The van der Waals surface area contributed by atoms with Crippen molar-refractivity contribution in [1.82, 2.24) is 0 Å². The summed E-state index contributed by atoms with van der Waals surface area (Å²) in [6.45, 7) is 18.5. The van der Waals surface area contributed by atoms with E-state index in [4.69, 9.17) is 16.3 Å². The number of hydrogen-bond acceptors (Lipinski definition) is 2. The van der Waals surface area contributed by atoms with Gasteiger partial charge in [-0.15, -0.1) is 0 Å². The Labute approximate surface area is 174 Å². The predicted octanol–water partition coefficient (Wildman–Crippen LogP) is 7.85. The Kier molecular flexibility index (Phi) is 8.02. The molecule has 0 atom stereocenters. The van der Waals surface area contributed by atoms with E-state index in [1.807, 2.05) is 6.07 Å². The van der Waals surface area contributed by atoms with Crippen LogP contribution in [0.1, 0.15) is 57.8 Å². The van der Waals surface area contributed by atoms with Crippen LogP contribution in [0.3, 0.4) is 0 Å². The molecule has 1 rings (SSSR count). The van der Waals surface area contributed by atoms with E-state index in [0.717, 1.165) is 16.9 Å². The molecule has 5 heteroatoms. The van der Waals surface area contributed by atoms with Gasteiger partial charge in [0.25, 0.3) is 0 Å². The van der Waals surface area contributed by atoms with Crippen LogP contribution in [0.5, 0.6) is 5.75 Å². The standard InChI is InChI=1S/C21H34BrClO2Si/c1-20(2,3)14-21(4,5)13-18(24)16-11-15(22)12-17(23)19(16)25-9-10-26(6,7)8/h11-12H,9-10,13-14H2,1-8H3. The van der Waals surface area contributed by atoms with Gasteiger partial charge in [0.05, 0.1) is 17.2 Å². The summed E-state index contributed by atoms with van der Waals surface area (Å²) in [7, 11) is -1.21. The maximum Gasteiger partial charge on any atom is 0.167 e. The summed E-state index contributed by atoms with van der Waals surface area (Å²) in [6, 6.07) is 4.66. The van der Waals surface area contributed by atoms with Crippen LogP contribution in [-0.4, -0.2) is 20.5 Å². The van der Waals surface area contributed by atoms with Crippen LogP contribution in [0.4, 0.5) is 0 Å². The first-order valence-electron chi connectivity index (χ1n) is 9.25. The maximum absolute atomic E-state index is 13.1. The Bertz CT molecular complexity index is 643. The molecule has 0 N–H and O–H groups in total. The van der Waals surface area contributed by atoms with Crippen LogP contribution in [-0.2, 0) is 0 Å². The zero-order chi connectivity index (χ0) is 20.3. The highest BCUT2D eigenvalue weighted by Crippen LogP contribution is 2.39. The minimum Gasteiger partial charge on any atom is -0.492 e. The summed E-state index contributed by atoms with van der Waals surface area (Å²) in [5.41, 5.74) is 0.677. The van der Waals surface area contributed by atoms with E-state index in [1.165, 1.54) is 0 Å². The molecule has 0 bridgehead atoms.